The Balaban J connectivity index is 2.08. The van der Waals surface area contributed by atoms with Crippen molar-refractivity contribution in [1.82, 2.24) is 4.57 Å². The molecule has 3 aromatic rings. The number of aliphatic hydroxyl groups excluding tert-OH is 1. The first kappa shape index (κ1) is 18.8. The van der Waals surface area contributed by atoms with Crippen LogP contribution in [0.5, 0.6) is 0 Å². The fourth-order valence-corrected chi connectivity index (χ4v) is 4.29. The third-order valence-corrected chi connectivity index (χ3v) is 5.74. The van der Waals surface area contributed by atoms with Crippen LogP contribution in [0.4, 0.5) is 0 Å². The number of carboxylic acid groups (broad SMARTS) is 1. The van der Waals surface area contributed by atoms with Crippen LogP contribution in [-0.2, 0) is 17.8 Å². The van der Waals surface area contributed by atoms with Gasteiger partial charge < -0.3 is 14.8 Å². The monoisotopic (exact) mass is 395 g/mol. The Morgan fingerprint density at radius 1 is 1.07 bits per heavy atom. The molecule has 0 aliphatic carbocycles. The smallest absolute Gasteiger partial charge is 0.309 e. The van der Waals surface area contributed by atoms with E-state index in [-0.39, 0.29) is 11.8 Å². The Morgan fingerprint density at radius 3 is 2.29 bits per heavy atom. The van der Waals surface area contributed by atoms with E-state index in [9.17, 15) is 15.0 Å². The van der Waals surface area contributed by atoms with E-state index >= 15 is 0 Å². The Bertz CT molecular complexity index is 1040. The van der Waals surface area contributed by atoms with Crippen LogP contribution < -0.4 is 0 Å². The van der Waals surface area contributed by atoms with Gasteiger partial charge in [-0.15, -0.1) is 0 Å². The number of aliphatic carboxylic acids is 1. The minimum Gasteiger partial charge on any atom is -0.481 e. The molecule has 4 nitrogen and oxygen atoms in total. The maximum atomic E-state index is 11.7. The van der Waals surface area contributed by atoms with Gasteiger partial charge in [-0.25, -0.2) is 0 Å². The lowest BCUT2D eigenvalue weighted by Gasteiger charge is -2.23. The van der Waals surface area contributed by atoms with Gasteiger partial charge in [0.25, 0.3) is 0 Å². The minimum absolute atomic E-state index is 0.111. The van der Waals surface area contributed by atoms with Crippen LogP contribution in [-0.4, -0.2) is 20.7 Å². The van der Waals surface area contributed by atoms with Crippen molar-refractivity contribution < 1.29 is 15.0 Å². The molecule has 0 amide bonds. The zero-order valence-corrected chi connectivity index (χ0v) is 16.6. The number of carbonyl (C=O) groups is 1. The second-order valence-electron chi connectivity index (χ2n) is 8.00. The van der Waals surface area contributed by atoms with Crippen LogP contribution in [0.25, 0.3) is 22.3 Å². The number of aliphatic hydroxyl groups is 1. The Morgan fingerprint density at radius 2 is 1.68 bits per heavy atom. The van der Waals surface area contributed by atoms with E-state index in [1.165, 1.54) is 0 Å². The summed E-state index contributed by atoms with van der Waals surface area (Å²) in [7, 11) is 0. The lowest BCUT2D eigenvalue weighted by atomic mass is 9.84. The summed E-state index contributed by atoms with van der Waals surface area (Å²) in [6, 6.07) is 17.3. The van der Waals surface area contributed by atoms with Gasteiger partial charge in [0, 0.05) is 33.8 Å². The first-order valence-electron chi connectivity index (χ1n) is 9.26. The molecule has 1 atom stereocenters. The average Bonchev–Trinajstić information content (AvgIpc) is 3.07. The molecule has 4 rings (SSSR count). The average molecular weight is 396 g/mol. The first-order chi connectivity index (χ1) is 13.3. The highest BCUT2D eigenvalue weighted by atomic mass is 35.5. The van der Waals surface area contributed by atoms with E-state index in [0.29, 0.717) is 17.3 Å². The molecule has 144 valence electrons. The van der Waals surface area contributed by atoms with Gasteiger partial charge in [0.05, 0.1) is 12.1 Å². The zero-order valence-electron chi connectivity index (χ0n) is 15.8. The number of fused-ring (bicyclic) bond motifs is 1. The Labute approximate surface area is 169 Å². The summed E-state index contributed by atoms with van der Waals surface area (Å²) >= 11 is 6.08. The molecule has 1 aliphatic heterocycles. The summed E-state index contributed by atoms with van der Waals surface area (Å²) in [6.07, 6.45) is -0.795. The molecular weight excluding hydrogens is 374 g/mol. The van der Waals surface area contributed by atoms with Crippen molar-refractivity contribution >= 4 is 17.6 Å². The van der Waals surface area contributed by atoms with E-state index in [2.05, 4.69) is 0 Å². The zero-order chi connectivity index (χ0) is 20.1. The Kier molecular flexibility index (Phi) is 4.56. The maximum absolute atomic E-state index is 11.7. The summed E-state index contributed by atoms with van der Waals surface area (Å²) < 4.78 is 2.01. The standard InChI is InChI=1S/C23H22ClNO3/c1-23(2)13-25-17(12-18(26)27)19(15-8-10-16(24)11-9-15)20(21(25)22(23)28)14-6-4-3-5-7-14/h3-11,22,28H,12-13H2,1-2H3,(H,26,27). The van der Waals surface area contributed by atoms with E-state index in [1.807, 2.05) is 60.9 Å². The third kappa shape index (κ3) is 3.03. The number of hydrogen-bond acceptors (Lipinski definition) is 2. The van der Waals surface area contributed by atoms with Gasteiger partial charge in [0.2, 0.25) is 0 Å². The topological polar surface area (TPSA) is 62.5 Å². The van der Waals surface area contributed by atoms with Gasteiger partial charge in [-0.3, -0.25) is 4.79 Å². The van der Waals surface area contributed by atoms with E-state index in [0.717, 1.165) is 27.9 Å². The molecule has 0 radical (unpaired) electrons. The summed E-state index contributed by atoms with van der Waals surface area (Å²) in [5, 5.41) is 21.3. The summed E-state index contributed by atoms with van der Waals surface area (Å²) in [6.45, 7) is 4.58. The molecule has 5 heteroatoms. The normalized spacial score (nSPS) is 17.5. The number of aromatic nitrogens is 1. The number of halogens is 1. The van der Waals surface area contributed by atoms with E-state index in [4.69, 9.17) is 11.6 Å². The number of rotatable bonds is 4. The number of carboxylic acids is 1. The van der Waals surface area contributed by atoms with Gasteiger partial charge >= 0.3 is 5.97 Å². The van der Waals surface area contributed by atoms with Crippen LogP contribution in [0.15, 0.2) is 54.6 Å². The van der Waals surface area contributed by atoms with Crippen molar-refractivity contribution in [3.8, 4) is 22.3 Å². The highest BCUT2D eigenvalue weighted by molar-refractivity contribution is 6.30. The molecule has 0 saturated heterocycles. The molecule has 28 heavy (non-hydrogen) atoms. The van der Waals surface area contributed by atoms with E-state index in [1.54, 1.807) is 12.1 Å². The fourth-order valence-electron chi connectivity index (χ4n) is 4.17. The van der Waals surface area contributed by atoms with Gasteiger partial charge in [-0.1, -0.05) is 67.9 Å². The lowest BCUT2D eigenvalue weighted by Crippen LogP contribution is -2.19. The molecule has 2 heterocycles. The van der Waals surface area contributed by atoms with Crippen LogP contribution in [0, 0.1) is 5.41 Å². The van der Waals surface area contributed by atoms with Crippen LogP contribution in [0.3, 0.4) is 0 Å². The Hall–Kier alpha value is -2.56. The predicted octanol–water partition coefficient (Wildman–Crippen LogP) is 5.18. The van der Waals surface area contributed by atoms with Gasteiger partial charge in [0.1, 0.15) is 6.10 Å². The summed E-state index contributed by atoms with van der Waals surface area (Å²) in [5.41, 5.74) is 4.75. The molecule has 0 bridgehead atoms. The molecular formula is C23H22ClNO3. The fraction of sp³-hybridized carbons (Fsp3) is 0.261. The molecule has 2 aromatic carbocycles. The van der Waals surface area contributed by atoms with Crippen molar-refractivity contribution in [2.24, 2.45) is 5.41 Å². The van der Waals surface area contributed by atoms with Crippen LogP contribution >= 0.6 is 11.6 Å². The third-order valence-electron chi connectivity index (χ3n) is 5.49. The molecule has 1 unspecified atom stereocenters. The number of hydrogen-bond donors (Lipinski definition) is 2. The molecule has 1 aliphatic rings. The van der Waals surface area contributed by atoms with Gasteiger partial charge in [-0.2, -0.15) is 0 Å². The van der Waals surface area contributed by atoms with Crippen LogP contribution in [0.1, 0.15) is 31.3 Å². The number of benzene rings is 2. The maximum Gasteiger partial charge on any atom is 0.309 e. The van der Waals surface area contributed by atoms with Crippen molar-refractivity contribution in [3.63, 3.8) is 0 Å². The van der Waals surface area contributed by atoms with Crippen molar-refractivity contribution in [3.05, 3.63) is 71.0 Å². The lowest BCUT2D eigenvalue weighted by molar-refractivity contribution is -0.136. The van der Waals surface area contributed by atoms with Crippen LogP contribution in [0.2, 0.25) is 5.02 Å². The largest absolute Gasteiger partial charge is 0.481 e. The first-order valence-corrected chi connectivity index (χ1v) is 9.64. The second kappa shape index (κ2) is 6.80. The molecule has 0 spiro atoms. The van der Waals surface area contributed by atoms with Crippen molar-refractivity contribution in [2.75, 3.05) is 0 Å². The van der Waals surface area contributed by atoms with Crippen molar-refractivity contribution in [1.29, 1.82) is 0 Å². The number of nitrogens with zero attached hydrogens (tertiary/aromatic N) is 1. The van der Waals surface area contributed by atoms with Gasteiger partial charge in [0.15, 0.2) is 0 Å². The summed E-state index contributed by atoms with van der Waals surface area (Å²) in [4.78, 5) is 11.7. The van der Waals surface area contributed by atoms with E-state index < -0.39 is 12.1 Å². The SMILES string of the molecule is CC1(C)Cn2c(CC(=O)O)c(-c3ccc(Cl)cc3)c(-c3ccccc3)c2C1O. The highest BCUT2D eigenvalue weighted by Crippen LogP contribution is 2.51. The molecule has 0 fully saturated rings. The molecule has 2 N–H and O–H groups in total. The highest BCUT2D eigenvalue weighted by Gasteiger charge is 2.43. The predicted molar refractivity (Wildman–Crippen MR) is 110 cm³/mol. The quantitative estimate of drug-likeness (QED) is 0.640. The molecule has 0 saturated carbocycles. The molecule has 1 aromatic heterocycles. The summed E-state index contributed by atoms with van der Waals surface area (Å²) in [5.74, 6) is -0.894. The second-order valence-corrected chi connectivity index (χ2v) is 8.44. The van der Waals surface area contributed by atoms with Crippen molar-refractivity contribution in [2.45, 2.75) is 32.9 Å². The van der Waals surface area contributed by atoms with Gasteiger partial charge in [-0.05, 0) is 23.3 Å². The minimum atomic E-state index is -0.894.